The molecule has 0 spiro atoms. The number of ether oxygens (including phenoxy) is 2. The molecule has 4 aliphatic heterocycles. The van der Waals surface area contributed by atoms with Crippen LogP contribution in [0.2, 0.25) is 0 Å². The monoisotopic (exact) mass is 1370 g/mol. The van der Waals surface area contributed by atoms with Gasteiger partial charge in [0.05, 0.1) is 11.4 Å². The topological polar surface area (TPSA) is 24.9 Å². The number of para-hydroxylation sites is 2. The third-order valence-corrected chi connectivity index (χ3v) is 22.4. The van der Waals surface area contributed by atoms with Gasteiger partial charge in [-0.2, -0.15) is 0 Å². The first-order chi connectivity index (χ1) is 53.6. The molecule has 0 saturated carbocycles. The Hall–Kier alpha value is -13.9. The number of nitrogens with zero attached hydrogens (tertiary/aromatic N) is 2. The summed E-state index contributed by atoms with van der Waals surface area (Å²) >= 11 is 0. The highest BCUT2D eigenvalue weighted by Gasteiger charge is 2.48. The number of benzene rings is 17. The first-order valence-corrected chi connectivity index (χ1v) is 37.3. The number of hydrogen-bond acceptors (Lipinski definition) is 4. The van der Waals surface area contributed by atoms with Crippen molar-refractivity contribution in [3.05, 3.63) is 400 Å². The molecule has 502 valence electrons. The van der Waals surface area contributed by atoms with Gasteiger partial charge in [0.2, 0.25) is 0 Å². The van der Waals surface area contributed by atoms with E-state index in [4.69, 9.17) is 9.47 Å². The van der Waals surface area contributed by atoms with Crippen LogP contribution in [0.5, 0.6) is 23.0 Å². The van der Waals surface area contributed by atoms with Gasteiger partial charge in [-0.1, -0.05) is 346 Å². The molecule has 0 N–H and O–H groups in total. The first kappa shape index (κ1) is 62.6. The van der Waals surface area contributed by atoms with Crippen molar-refractivity contribution in [3.63, 3.8) is 0 Å². The second-order valence-electron chi connectivity index (χ2n) is 28.4. The summed E-state index contributed by atoms with van der Waals surface area (Å²) in [6.07, 6.45) is 0. The summed E-state index contributed by atoms with van der Waals surface area (Å²) in [6, 6.07) is 147. The smallest absolute Gasteiger partial charge is 0.256 e. The van der Waals surface area contributed by atoms with E-state index in [2.05, 4.69) is 410 Å². The number of anilines is 6. The maximum Gasteiger partial charge on any atom is 0.256 e. The minimum atomic E-state index is -0.310. The van der Waals surface area contributed by atoms with Crippen molar-refractivity contribution in [2.24, 2.45) is 0 Å². The Morgan fingerprint density at radius 2 is 0.407 bits per heavy atom. The molecule has 0 radical (unpaired) electrons. The Bertz CT molecular complexity index is 6000. The number of rotatable bonds is 12. The average Bonchev–Trinajstić information content (AvgIpc) is 0.686. The fourth-order valence-electron chi connectivity index (χ4n) is 17.6. The molecule has 0 fully saturated rings. The lowest BCUT2D eigenvalue weighted by Crippen LogP contribution is -2.63. The summed E-state index contributed by atoms with van der Waals surface area (Å²) in [5, 5.41) is 0. The zero-order chi connectivity index (χ0) is 71.2. The van der Waals surface area contributed by atoms with Gasteiger partial charge in [0.15, 0.2) is 0 Å². The van der Waals surface area contributed by atoms with Gasteiger partial charge in [0, 0.05) is 33.9 Å². The lowest BCUT2D eigenvalue weighted by molar-refractivity contribution is 0.487. The largest absolute Gasteiger partial charge is 0.458 e. The zero-order valence-electron chi connectivity index (χ0n) is 59.0. The quantitative estimate of drug-likeness (QED) is 0.114. The van der Waals surface area contributed by atoms with Crippen LogP contribution in [0.3, 0.4) is 0 Å². The Balaban J connectivity index is 0.883. The summed E-state index contributed by atoms with van der Waals surface area (Å²) in [4.78, 5) is 5.17. The summed E-state index contributed by atoms with van der Waals surface area (Å²) in [5.74, 6) is 3.28. The summed E-state index contributed by atoms with van der Waals surface area (Å²) < 4.78 is 15.5. The van der Waals surface area contributed by atoms with E-state index in [0.29, 0.717) is 0 Å². The van der Waals surface area contributed by atoms with Crippen LogP contribution in [-0.4, -0.2) is 13.4 Å². The van der Waals surface area contributed by atoms with Crippen molar-refractivity contribution < 1.29 is 9.47 Å². The molecule has 0 saturated heterocycles. The van der Waals surface area contributed by atoms with Crippen molar-refractivity contribution in [2.75, 3.05) is 9.80 Å². The van der Waals surface area contributed by atoms with Crippen LogP contribution in [-0.2, 0) is 0 Å². The Kier molecular flexibility index (Phi) is 15.1. The lowest BCUT2D eigenvalue weighted by atomic mass is 9.30. The van der Waals surface area contributed by atoms with Gasteiger partial charge in [0.25, 0.3) is 13.4 Å². The predicted octanol–water partition coefficient (Wildman–Crippen LogP) is 23.2. The standard InChI is InChI=1S/C102H66B2N2O2/c1-7-31-67(32-8-1)77-43-19-23-47-81(77)73-55-57-87-97(61-73)107-99-63-75(83-49-25-21-45-79(83)69-35-11-3-12-36-69)59-95-101(99)103(87)89-65-90-94(66-93(89)105(95)91-53-29-27-51-85(91)71-39-15-5-16-40-71)106(92-54-30-28-52-86(92)72-41-17-6-18-42-72)96-60-76(84-50-26-22-46-80(84)70-37-13-4-14-38-70)64-100-102(96)104(90)88-58-56-74(62-98(88)108-100)82-48-24-20-44-78(82)68-33-9-2-10-34-68/h1-66H. The molecule has 0 aliphatic carbocycles. The van der Waals surface area contributed by atoms with Crippen LogP contribution in [0.4, 0.5) is 34.1 Å². The van der Waals surface area contributed by atoms with Crippen molar-refractivity contribution in [1.29, 1.82) is 0 Å². The van der Waals surface area contributed by atoms with Crippen LogP contribution in [0.1, 0.15) is 0 Å². The van der Waals surface area contributed by atoms with E-state index < -0.39 is 0 Å². The van der Waals surface area contributed by atoms with E-state index in [-0.39, 0.29) is 13.4 Å². The highest BCUT2D eigenvalue weighted by atomic mass is 16.5. The van der Waals surface area contributed by atoms with Gasteiger partial charge in [0.1, 0.15) is 23.0 Å². The van der Waals surface area contributed by atoms with Crippen LogP contribution in [0.25, 0.3) is 111 Å². The molecule has 21 rings (SSSR count). The van der Waals surface area contributed by atoms with E-state index >= 15 is 0 Å². The highest BCUT2D eigenvalue weighted by molar-refractivity contribution is 7.02. The Morgan fingerprint density at radius 1 is 0.157 bits per heavy atom. The van der Waals surface area contributed by atoms with Crippen LogP contribution < -0.4 is 52.1 Å². The van der Waals surface area contributed by atoms with Crippen molar-refractivity contribution >= 4 is 80.3 Å². The molecule has 0 unspecified atom stereocenters. The highest BCUT2D eigenvalue weighted by Crippen LogP contribution is 2.53. The van der Waals surface area contributed by atoms with Gasteiger partial charge in [-0.25, -0.2) is 0 Å². The van der Waals surface area contributed by atoms with Crippen molar-refractivity contribution in [2.45, 2.75) is 0 Å². The van der Waals surface area contributed by atoms with Crippen LogP contribution in [0, 0.1) is 0 Å². The SMILES string of the molecule is c1ccc(-c2ccccc2-c2ccc3c(c2)Oc2cc(-c4ccccc4-c4ccccc4)cc4c2B3c2cc3c(cc2N4c2ccccc2-c2ccccc2)N(c2ccccc2-c2ccccc2)c2cc(-c4ccccc4-c4ccccc4)cc4c2B3c2ccc(-c3ccccc3-c3ccccc3)cc2O4)cc1. The van der Waals surface area contributed by atoms with Gasteiger partial charge in [-0.3, -0.25) is 0 Å². The van der Waals surface area contributed by atoms with Gasteiger partial charge >= 0.3 is 0 Å². The normalized spacial score (nSPS) is 12.5. The maximum atomic E-state index is 7.77. The maximum absolute atomic E-state index is 7.77. The molecular weight excluding hydrogens is 1310 g/mol. The first-order valence-electron chi connectivity index (χ1n) is 37.3. The molecule has 0 atom stereocenters. The van der Waals surface area contributed by atoms with E-state index in [9.17, 15) is 0 Å². The van der Waals surface area contributed by atoms with Crippen molar-refractivity contribution in [3.8, 4) is 134 Å². The minimum absolute atomic E-state index is 0.310. The predicted molar refractivity (Wildman–Crippen MR) is 453 cm³/mol. The second-order valence-corrected chi connectivity index (χ2v) is 28.4. The molecule has 4 heterocycles. The molecule has 0 aromatic heterocycles. The van der Waals surface area contributed by atoms with Crippen molar-refractivity contribution in [1.82, 2.24) is 0 Å². The Morgan fingerprint density at radius 3 is 0.722 bits per heavy atom. The number of hydrogen-bond donors (Lipinski definition) is 0. The second kappa shape index (κ2) is 26.0. The van der Waals surface area contributed by atoms with E-state index in [0.717, 1.165) is 190 Å². The summed E-state index contributed by atoms with van der Waals surface area (Å²) in [6.45, 7) is -0.620. The van der Waals surface area contributed by atoms with Crippen LogP contribution in [0.15, 0.2) is 400 Å². The third kappa shape index (κ3) is 10.5. The fourth-order valence-corrected chi connectivity index (χ4v) is 17.6. The van der Waals surface area contributed by atoms with E-state index in [1.165, 1.54) is 10.9 Å². The summed E-state index contributed by atoms with van der Waals surface area (Å²) in [7, 11) is 0. The minimum Gasteiger partial charge on any atom is -0.458 e. The molecule has 4 aliphatic rings. The zero-order valence-corrected chi connectivity index (χ0v) is 59.0. The van der Waals surface area contributed by atoms with E-state index in [1.807, 2.05) is 0 Å². The summed E-state index contributed by atoms with van der Waals surface area (Å²) in [5.41, 5.74) is 35.4. The molecule has 6 heteroatoms. The molecule has 0 amide bonds. The van der Waals surface area contributed by atoms with Crippen LogP contribution >= 0.6 is 0 Å². The van der Waals surface area contributed by atoms with Gasteiger partial charge in [-0.15, -0.1) is 0 Å². The van der Waals surface area contributed by atoms with E-state index in [1.54, 1.807) is 0 Å². The number of fused-ring (bicyclic) bond motifs is 8. The molecule has 0 bridgehead atoms. The van der Waals surface area contributed by atoms with Gasteiger partial charge in [-0.05, 0) is 188 Å². The average molecular weight is 1370 g/mol. The molecule has 108 heavy (non-hydrogen) atoms. The Labute approximate surface area is 630 Å². The molecule has 17 aromatic rings. The third-order valence-electron chi connectivity index (χ3n) is 22.4. The van der Waals surface area contributed by atoms with Gasteiger partial charge < -0.3 is 19.3 Å². The molecule has 17 aromatic carbocycles. The molecule has 4 nitrogen and oxygen atoms in total. The molecular formula is C102H66B2N2O2. The lowest BCUT2D eigenvalue weighted by Gasteiger charge is -2.45. The fraction of sp³-hybridized carbons (Fsp3) is 0.